The van der Waals surface area contributed by atoms with Crippen LogP contribution in [0.3, 0.4) is 0 Å². The monoisotopic (exact) mass is 333 g/mol. The summed E-state index contributed by atoms with van der Waals surface area (Å²) >= 11 is 7.54. The molecule has 1 aromatic carbocycles. The fraction of sp³-hybridized carbons (Fsp3) is 0.200. The van der Waals surface area contributed by atoms with Crippen LogP contribution in [0.1, 0.15) is 11.4 Å². The van der Waals surface area contributed by atoms with E-state index in [0.717, 1.165) is 38.9 Å². The molecule has 0 radical (unpaired) electrons. The van der Waals surface area contributed by atoms with Crippen LogP contribution in [0.15, 0.2) is 24.3 Å². The second-order valence-corrected chi connectivity index (χ2v) is 6.59. The van der Waals surface area contributed by atoms with Crippen LogP contribution in [-0.2, 0) is 6.54 Å². The predicted molar refractivity (Wildman–Crippen MR) is 87.1 cm³/mol. The van der Waals surface area contributed by atoms with E-state index in [2.05, 4.69) is 15.3 Å². The smallest absolute Gasteiger partial charge is 0.231 e. The average molecular weight is 334 g/mol. The van der Waals surface area contributed by atoms with Crippen LogP contribution in [0, 0.1) is 6.92 Å². The van der Waals surface area contributed by atoms with Gasteiger partial charge in [-0.25, -0.2) is 9.97 Å². The number of anilines is 1. The Kier molecular flexibility index (Phi) is 3.28. The number of nitrogens with one attached hydrogen (secondary N) is 1. The molecule has 1 aliphatic rings. The van der Waals surface area contributed by atoms with Gasteiger partial charge in [-0.2, -0.15) is 0 Å². The lowest BCUT2D eigenvalue weighted by molar-refractivity contribution is 0.174. The molecule has 2 aromatic heterocycles. The van der Waals surface area contributed by atoms with Crippen molar-refractivity contribution in [1.82, 2.24) is 9.97 Å². The number of halogens is 1. The number of benzene rings is 1. The molecule has 3 aromatic rings. The molecule has 0 bridgehead atoms. The summed E-state index contributed by atoms with van der Waals surface area (Å²) in [6.45, 7) is 2.79. The molecule has 0 fully saturated rings. The third kappa shape index (κ3) is 2.44. The highest BCUT2D eigenvalue weighted by Crippen LogP contribution is 2.34. The normalized spacial score (nSPS) is 12.8. The minimum atomic E-state index is 0.283. The van der Waals surface area contributed by atoms with E-state index in [1.165, 1.54) is 11.3 Å². The summed E-state index contributed by atoms with van der Waals surface area (Å²) in [7, 11) is 0. The topological polar surface area (TPSA) is 56.3 Å². The first kappa shape index (κ1) is 13.6. The van der Waals surface area contributed by atoms with Crippen molar-refractivity contribution in [2.45, 2.75) is 13.5 Å². The number of thiophene rings is 1. The van der Waals surface area contributed by atoms with Crippen LogP contribution in [0.5, 0.6) is 11.5 Å². The van der Waals surface area contributed by atoms with E-state index in [1.807, 2.05) is 31.2 Å². The summed E-state index contributed by atoms with van der Waals surface area (Å²) in [5, 5.41) is 4.30. The van der Waals surface area contributed by atoms with E-state index in [1.54, 1.807) is 0 Å². The number of hydrogen-bond donors (Lipinski definition) is 1. The Labute approximate surface area is 135 Å². The lowest BCUT2D eigenvalue weighted by Gasteiger charge is -2.08. The zero-order chi connectivity index (χ0) is 15.1. The number of aryl methyl sites for hydroxylation is 1. The van der Waals surface area contributed by atoms with Crippen LogP contribution in [0.25, 0.3) is 10.2 Å². The number of ether oxygens (including phenoxy) is 2. The van der Waals surface area contributed by atoms with Crippen molar-refractivity contribution in [2.24, 2.45) is 0 Å². The highest BCUT2D eigenvalue weighted by Gasteiger charge is 2.14. The second-order valence-electron chi connectivity index (χ2n) is 4.93. The molecule has 3 heterocycles. The van der Waals surface area contributed by atoms with Gasteiger partial charge in [-0.3, -0.25) is 0 Å². The maximum absolute atomic E-state index is 6.08. The summed E-state index contributed by atoms with van der Waals surface area (Å²) in [6, 6.07) is 7.79. The van der Waals surface area contributed by atoms with Crippen molar-refractivity contribution in [1.29, 1.82) is 0 Å². The summed E-state index contributed by atoms with van der Waals surface area (Å²) in [5.74, 6) is 3.08. The number of aromatic nitrogens is 2. The van der Waals surface area contributed by atoms with Gasteiger partial charge in [-0.1, -0.05) is 17.7 Å². The van der Waals surface area contributed by atoms with Crippen LogP contribution >= 0.6 is 22.9 Å². The van der Waals surface area contributed by atoms with Gasteiger partial charge in [-0.15, -0.1) is 11.3 Å². The van der Waals surface area contributed by atoms with Crippen LogP contribution in [0.4, 0.5) is 5.82 Å². The Hall–Kier alpha value is -2.05. The zero-order valence-electron chi connectivity index (χ0n) is 11.7. The summed E-state index contributed by atoms with van der Waals surface area (Å²) in [4.78, 5) is 9.77. The molecule has 0 saturated heterocycles. The molecule has 1 N–H and O–H groups in total. The van der Waals surface area contributed by atoms with E-state index in [-0.39, 0.29) is 6.79 Å². The summed E-state index contributed by atoms with van der Waals surface area (Å²) in [6.07, 6.45) is 0. The average Bonchev–Trinajstić information content (AvgIpc) is 3.09. The molecule has 0 aliphatic carbocycles. The van der Waals surface area contributed by atoms with Crippen molar-refractivity contribution in [3.8, 4) is 11.5 Å². The molecular formula is C15H12ClN3O2S. The van der Waals surface area contributed by atoms with Gasteiger partial charge in [-0.05, 0) is 30.7 Å². The van der Waals surface area contributed by atoms with E-state index in [0.29, 0.717) is 10.9 Å². The molecule has 112 valence electrons. The maximum atomic E-state index is 6.08. The minimum absolute atomic E-state index is 0.283. The van der Waals surface area contributed by atoms with Gasteiger partial charge in [0.05, 0.1) is 9.72 Å². The van der Waals surface area contributed by atoms with Gasteiger partial charge < -0.3 is 14.8 Å². The van der Waals surface area contributed by atoms with Gasteiger partial charge >= 0.3 is 0 Å². The number of hydrogen-bond acceptors (Lipinski definition) is 6. The Balaban J connectivity index is 1.61. The molecular weight excluding hydrogens is 322 g/mol. The highest BCUT2D eigenvalue weighted by molar-refractivity contribution is 7.22. The van der Waals surface area contributed by atoms with Crippen LogP contribution in [-0.4, -0.2) is 16.8 Å². The van der Waals surface area contributed by atoms with E-state index in [4.69, 9.17) is 21.1 Å². The molecule has 1 aliphatic heterocycles. The molecule has 22 heavy (non-hydrogen) atoms. The Morgan fingerprint density at radius 2 is 2.09 bits per heavy atom. The zero-order valence-corrected chi connectivity index (χ0v) is 13.3. The van der Waals surface area contributed by atoms with Gasteiger partial charge in [0.25, 0.3) is 0 Å². The molecule has 0 spiro atoms. The van der Waals surface area contributed by atoms with Crippen LogP contribution in [0.2, 0.25) is 4.34 Å². The Morgan fingerprint density at radius 1 is 1.23 bits per heavy atom. The van der Waals surface area contributed by atoms with E-state index < -0.39 is 0 Å². The molecule has 0 amide bonds. The molecule has 7 heteroatoms. The second kappa shape index (κ2) is 5.30. The van der Waals surface area contributed by atoms with Crippen molar-refractivity contribution < 1.29 is 9.47 Å². The minimum Gasteiger partial charge on any atom is -0.454 e. The Bertz CT molecular complexity index is 865. The third-order valence-electron chi connectivity index (χ3n) is 3.37. The highest BCUT2D eigenvalue weighted by atomic mass is 35.5. The SMILES string of the molecule is Cc1nc(NCc2ccc3c(c2)OCO3)c2cc(Cl)sc2n1. The van der Waals surface area contributed by atoms with Gasteiger partial charge in [0.1, 0.15) is 16.5 Å². The molecule has 0 saturated carbocycles. The summed E-state index contributed by atoms with van der Waals surface area (Å²) < 4.78 is 11.4. The van der Waals surface area contributed by atoms with Crippen LogP contribution < -0.4 is 14.8 Å². The first-order valence-corrected chi connectivity index (χ1v) is 7.94. The lowest BCUT2D eigenvalue weighted by atomic mass is 10.2. The van der Waals surface area contributed by atoms with Gasteiger partial charge in [0.15, 0.2) is 11.5 Å². The van der Waals surface area contributed by atoms with Crippen molar-refractivity contribution in [3.63, 3.8) is 0 Å². The van der Waals surface area contributed by atoms with Gasteiger partial charge in [0, 0.05) is 6.54 Å². The van der Waals surface area contributed by atoms with Crippen molar-refractivity contribution >= 4 is 39.0 Å². The number of nitrogens with zero attached hydrogens (tertiary/aromatic N) is 2. The quantitative estimate of drug-likeness (QED) is 0.785. The van der Waals surface area contributed by atoms with Gasteiger partial charge in [0.2, 0.25) is 6.79 Å². The van der Waals surface area contributed by atoms with Crippen molar-refractivity contribution in [2.75, 3.05) is 12.1 Å². The molecule has 5 nitrogen and oxygen atoms in total. The fourth-order valence-electron chi connectivity index (χ4n) is 2.37. The first-order chi connectivity index (χ1) is 10.7. The molecule has 0 unspecified atom stereocenters. The molecule has 0 atom stereocenters. The van der Waals surface area contributed by atoms with E-state index in [9.17, 15) is 0 Å². The Morgan fingerprint density at radius 3 is 3.00 bits per heavy atom. The van der Waals surface area contributed by atoms with Crippen molar-refractivity contribution in [3.05, 3.63) is 40.0 Å². The fourth-order valence-corrected chi connectivity index (χ4v) is 3.50. The maximum Gasteiger partial charge on any atom is 0.231 e. The van der Waals surface area contributed by atoms with E-state index >= 15 is 0 Å². The standard InChI is InChI=1S/C15H12ClN3O2S/c1-8-18-14(10-5-13(16)22-15(10)19-8)17-6-9-2-3-11-12(4-9)21-7-20-11/h2-5H,6-7H2,1H3,(H,17,18,19). The predicted octanol–water partition coefficient (Wildman–Crippen LogP) is 3.99. The third-order valence-corrected chi connectivity index (χ3v) is 4.53. The lowest BCUT2D eigenvalue weighted by Crippen LogP contribution is -2.03. The summed E-state index contributed by atoms with van der Waals surface area (Å²) in [5.41, 5.74) is 1.09. The number of rotatable bonds is 3. The first-order valence-electron chi connectivity index (χ1n) is 6.75. The molecule has 4 rings (SSSR count). The largest absolute Gasteiger partial charge is 0.454 e. The number of fused-ring (bicyclic) bond motifs is 2.